The standard InChI is InChI=1S/C14H12Br2FNO2S/c1-8-3-10(17)6-11(4-8)18-21(19,20)14-7-12(15)9(2)5-13(14)16/h3-7,18H,1-2H3. The van der Waals surface area contributed by atoms with Gasteiger partial charge in [0.15, 0.2) is 0 Å². The summed E-state index contributed by atoms with van der Waals surface area (Å²) in [5.74, 6) is -0.489. The number of hydrogen-bond donors (Lipinski definition) is 1. The second kappa shape index (κ2) is 6.06. The number of nitrogens with one attached hydrogen (secondary N) is 1. The Bertz CT molecular complexity index is 787. The van der Waals surface area contributed by atoms with E-state index >= 15 is 0 Å². The van der Waals surface area contributed by atoms with E-state index in [2.05, 4.69) is 36.6 Å². The number of sulfonamides is 1. The van der Waals surface area contributed by atoms with Crippen molar-refractivity contribution < 1.29 is 12.8 Å². The zero-order chi connectivity index (χ0) is 15.8. The van der Waals surface area contributed by atoms with Gasteiger partial charge in [0.1, 0.15) is 10.7 Å². The molecule has 21 heavy (non-hydrogen) atoms. The molecule has 112 valence electrons. The Hall–Kier alpha value is -0.920. The average molecular weight is 437 g/mol. The number of benzene rings is 2. The fourth-order valence-electron chi connectivity index (χ4n) is 1.84. The molecule has 0 amide bonds. The van der Waals surface area contributed by atoms with Crippen molar-refractivity contribution in [1.29, 1.82) is 0 Å². The third kappa shape index (κ3) is 3.84. The van der Waals surface area contributed by atoms with Gasteiger partial charge in [0, 0.05) is 8.95 Å². The third-order valence-corrected chi connectivity index (χ3v) is 5.99. The first kappa shape index (κ1) is 16.5. The fraction of sp³-hybridized carbons (Fsp3) is 0.143. The Kier molecular flexibility index (Phi) is 4.75. The van der Waals surface area contributed by atoms with E-state index in [-0.39, 0.29) is 10.6 Å². The predicted molar refractivity (Wildman–Crippen MR) is 88.5 cm³/mol. The smallest absolute Gasteiger partial charge is 0.263 e. The van der Waals surface area contributed by atoms with E-state index in [1.807, 2.05) is 6.92 Å². The summed E-state index contributed by atoms with van der Waals surface area (Å²) < 4.78 is 41.7. The minimum absolute atomic E-state index is 0.0851. The minimum atomic E-state index is -3.81. The van der Waals surface area contributed by atoms with E-state index in [9.17, 15) is 12.8 Å². The van der Waals surface area contributed by atoms with Crippen molar-refractivity contribution in [3.8, 4) is 0 Å². The number of rotatable bonds is 3. The van der Waals surface area contributed by atoms with Gasteiger partial charge in [-0.25, -0.2) is 12.8 Å². The zero-order valence-electron chi connectivity index (χ0n) is 11.2. The van der Waals surface area contributed by atoms with Crippen molar-refractivity contribution in [1.82, 2.24) is 0 Å². The molecule has 3 nitrogen and oxygen atoms in total. The molecule has 0 saturated heterocycles. The first-order chi connectivity index (χ1) is 9.69. The molecule has 0 unspecified atom stereocenters. The van der Waals surface area contributed by atoms with Crippen LogP contribution in [0, 0.1) is 19.7 Å². The van der Waals surface area contributed by atoms with Crippen LogP contribution >= 0.6 is 31.9 Å². The number of hydrogen-bond acceptors (Lipinski definition) is 2. The SMILES string of the molecule is Cc1cc(F)cc(NS(=O)(=O)c2cc(Br)c(C)cc2Br)c1. The second-order valence-electron chi connectivity index (χ2n) is 4.65. The molecule has 0 aliphatic carbocycles. The Morgan fingerprint density at radius 2 is 1.67 bits per heavy atom. The molecule has 0 spiro atoms. The maximum Gasteiger partial charge on any atom is 0.263 e. The van der Waals surface area contributed by atoms with Crippen molar-refractivity contribution in [3.63, 3.8) is 0 Å². The Labute approximate surface area is 139 Å². The molecule has 2 aromatic carbocycles. The fourth-order valence-corrected chi connectivity index (χ4v) is 4.56. The van der Waals surface area contributed by atoms with E-state index in [1.165, 1.54) is 12.1 Å². The third-order valence-electron chi connectivity index (χ3n) is 2.80. The van der Waals surface area contributed by atoms with Gasteiger partial charge in [-0.3, -0.25) is 4.72 Å². The van der Waals surface area contributed by atoms with Crippen molar-refractivity contribution in [2.24, 2.45) is 0 Å². The largest absolute Gasteiger partial charge is 0.279 e. The molecule has 0 aromatic heterocycles. The van der Waals surface area contributed by atoms with Gasteiger partial charge in [-0.15, -0.1) is 0 Å². The highest BCUT2D eigenvalue weighted by molar-refractivity contribution is 9.11. The van der Waals surface area contributed by atoms with Crippen LogP contribution in [0.3, 0.4) is 0 Å². The van der Waals surface area contributed by atoms with Crippen LogP contribution in [0.2, 0.25) is 0 Å². The number of halogens is 3. The van der Waals surface area contributed by atoms with Crippen LogP contribution in [-0.2, 0) is 10.0 Å². The lowest BCUT2D eigenvalue weighted by Crippen LogP contribution is -2.14. The Morgan fingerprint density at radius 3 is 2.29 bits per heavy atom. The highest BCUT2D eigenvalue weighted by atomic mass is 79.9. The molecule has 0 bridgehead atoms. The van der Waals surface area contributed by atoms with Gasteiger partial charge in [-0.2, -0.15) is 0 Å². The number of aryl methyl sites for hydroxylation is 2. The van der Waals surface area contributed by atoms with Gasteiger partial charge in [-0.1, -0.05) is 15.9 Å². The molecule has 2 rings (SSSR count). The summed E-state index contributed by atoms with van der Waals surface area (Å²) in [6.07, 6.45) is 0. The van der Waals surface area contributed by atoms with Gasteiger partial charge in [0.05, 0.1) is 5.69 Å². The molecule has 0 atom stereocenters. The topological polar surface area (TPSA) is 46.2 Å². The molecule has 1 N–H and O–H groups in total. The van der Waals surface area contributed by atoms with Gasteiger partial charge in [0.25, 0.3) is 10.0 Å². The number of anilines is 1. The first-order valence-electron chi connectivity index (χ1n) is 5.95. The maximum absolute atomic E-state index is 13.4. The van der Waals surface area contributed by atoms with E-state index < -0.39 is 15.8 Å². The van der Waals surface area contributed by atoms with Crippen LogP contribution in [0.15, 0.2) is 44.2 Å². The molecule has 0 fully saturated rings. The van der Waals surface area contributed by atoms with Crippen LogP contribution in [0.25, 0.3) is 0 Å². The second-order valence-corrected chi connectivity index (χ2v) is 8.01. The van der Waals surface area contributed by atoms with Gasteiger partial charge in [-0.05, 0) is 71.2 Å². The quantitative estimate of drug-likeness (QED) is 0.753. The summed E-state index contributed by atoms with van der Waals surface area (Å²) >= 11 is 6.55. The van der Waals surface area contributed by atoms with E-state index in [0.717, 1.165) is 11.6 Å². The van der Waals surface area contributed by atoms with Crippen LogP contribution in [-0.4, -0.2) is 8.42 Å². The highest BCUT2D eigenvalue weighted by Crippen LogP contribution is 2.30. The normalized spacial score (nSPS) is 11.5. The van der Waals surface area contributed by atoms with Crippen LogP contribution < -0.4 is 4.72 Å². The van der Waals surface area contributed by atoms with Crippen molar-refractivity contribution >= 4 is 47.6 Å². The molecular formula is C14H12Br2FNO2S. The Balaban J connectivity index is 2.45. The van der Waals surface area contributed by atoms with Gasteiger partial charge >= 0.3 is 0 Å². The summed E-state index contributed by atoms with van der Waals surface area (Å²) in [7, 11) is -3.81. The van der Waals surface area contributed by atoms with Crippen LogP contribution in [0.5, 0.6) is 0 Å². The molecule has 7 heteroatoms. The summed E-state index contributed by atoms with van der Waals surface area (Å²) in [4.78, 5) is 0.0851. The van der Waals surface area contributed by atoms with Crippen molar-refractivity contribution in [2.45, 2.75) is 18.7 Å². The lowest BCUT2D eigenvalue weighted by molar-refractivity contribution is 0.600. The Morgan fingerprint density at radius 1 is 1.00 bits per heavy atom. The van der Waals surface area contributed by atoms with E-state index in [4.69, 9.17) is 0 Å². The molecule has 0 aliphatic rings. The summed E-state index contributed by atoms with van der Waals surface area (Å²) in [6, 6.07) is 7.25. The van der Waals surface area contributed by atoms with Crippen LogP contribution in [0.1, 0.15) is 11.1 Å². The van der Waals surface area contributed by atoms with E-state index in [0.29, 0.717) is 14.5 Å². The summed E-state index contributed by atoms with van der Waals surface area (Å²) in [6.45, 7) is 3.55. The summed E-state index contributed by atoms with van der Waals surface area (Å²) in [5, 5.41) is 0. The lowest BCUT2D eigenvalue weighted by Gasteiger charge is -2.12. The van der Waals surface area contributed by atoms with Crippen molar-refractivity contribution in [3.05, 3.63) is 56.2 Å². The van der Waals surface area contributed by atoms with Crippen LogP contribution in [0.4, 0.5) is 10.1 Å². The molecule has 0 saturated carbocycles. The molecule has 0 radical (unpaired) electrons. The maximum atomic E-state index is 13.4. The monoisotopic (exact) mass is 435 g/mol. The van der Waals surface area contributed by atoms with E-state index in [1.54, 1.807) is 19.1 Å². The first-order valence-corrected chi connectivity index (χ1v) is 9.01. The van der Waals surface area contributed by atoms with Gasteiger partial charge in [0.2, 0.25) is 0 Å². The molecule has 2 aromatic rings. The molecule has 0 aliphatic heterocycles. The molecule has 0 heterocycles. The summed E-state index contributed by atoms with van der Waals surface area (Å²) in [5.41, 5.74) is 1.73. The minimum Gasteiger partial charge on any atom is -0.279 e. The molecular weight excluding hydrogens is 425 g/mol. The zero-order valence-corrected chi connectivity index (χ0v) is 15.2. The average Bonchev–Trinajstić information content (AvgIpc) is 2.31. The van der Waals surface area contributed by atoms with Gasteiger partial charge < -0.3 is 0 Å². The van der Waals surface area contributed by atoms with Crippen molar-refractivity contribution in [2.75, 3.05) is 4.72 Å². The highest BCUT2D eigenvalue weighted by Gasteiger charge is 2.19. The lowest BCUT2D eigenvalue weighted by atomic mass is 10.2. The predicted octanol–water partition coefficient (Wildman–Crippen LogP) is 4.77.